The second-order valence-corrected chi connectivity index (χ2v) is 9.48. The molecule has 0 unspecified atom stereocenters. The monoisotopic (exact) mass is 562 g/mol. The molecule has 2 amide bonds. The number of unbranched alkanes of at least 4 members (excludes halogenated alkanes) is 1. The number of benzene rings is 4. The lowest BCUT2D eigenvalue weighted by Crippen LogP contribution is -2.19. The molecule has 0 spiro atoms. The van der Waals surface area contributed by atoms with E-state index in [-0.39, 0.29) is 24.7 Å². The highest BCUT2D eigenvalue weighted by atomic mass is 16.5. The zero-order valence-electron chi connectivity index (χ0n) is 23.3. The van der Waals surface area contributed by atoms with E-state index in [1.165, 1.54) is 0 Å². The van der Waals surface area contributed by atoms with Gasteiger partial charge in [0.15, 0.2) is 0 Å². The Balaban J connectivity index is 1.05. The molecule has 0 radical (unpaired) electrons. The minimum atomic E-state index is -0.205. The zero-order valence-corrected chi connectivity index (χ0v) is 23.3. The number of hydrogen-bond donors (Lipinski definition) is 2. The van der Waals surface area contributed by atoms with Gasteiger partial charge in [0, 0.05) is 12.8 Å². The van der Waals surface area contributed by atoms with Crippen LogP contribution < -0.4 is 20.3 Å². The first-order chi connectivity index (χ1) is 20.6. The van der Waals surface area contributed by atoms with E-state index in [0.717, 1.165) is 33.8 Å². The summed E-state index contributed by atoms with van der Waals surface area (Å²) in [6.07, 6.45) is 4.84. The summed E-state index contributed by atoms with van der Waals surface area (Å²) in [5.41, 5.74) is 8.92. The maximum atomic E-state index is 12.0. The van der Waals surface area contributed by atoms with E-state index in [9.17, 15) is 9.59 Å². The normalized spacial score (nSPS) is 11.0. The van der Waals surface area contributed by atoms with E-state index >= 15 is 0 Å². The molecular weight excluding hydrogens is 528 g/mol. The van der Waals surface area contributed by atoms with Gasteiger partial charge < -0.3 is 9.47 Å². The molecule has 0 fully saturated rings. The lowest BCUT2D eigenvalue weighted by atomic mass is 10.2. The van der Waals surface area contributed by atoms with Gasteiger partial charge in [0.05, 0.1) is 12.4 Å². The van der Waals surface area contributed by atoms with Crippen molar-refractivity contribution in [1.29, 1.82) is 0 Å². The average molecular weight is 563 g/mol. The molecule has 0 aliphatic rings. The third-order valence-electron chi connectivity index (χ3n) is 6.12. The first-order valence-electron chi connectivity index (χ1n) is 13.8. The lowest BCUT2D eigenvalue weighted by molar-refractivity contribution is -0.123. The summed E-state index contributed by atoms with van der Waals surface area (Å²) < 4.78 is 11.5. The number of hydrogen-bond acceptors (Lipinski definition) is 6. The van der Waals surface area contributed by atoms with Crippen LogP contribution in [0.2, 0.25) is 0 Å². The molecule has 0 aromatic heterocycles. The van der Waals surface area contributed by atoms with Crippen molar-refractivity contribution in [3.8, 4) is 11.5 Å². The lowest BCUT2D eigenvalue weighted by Gasteiger charge is -2.06. The Hall–Kier alpha value is -5.24. The number of rotatable bonds is 15. The van der Waals surface area contributed by atoms with E-state index in [2.05, 4.69) is 21.1 Å². The molecule has 4 aromatic carbocycles. The van der Waals surface area contributed by atoms with E-state index in [1.807, 2.05) is 109 Å². The SMILES string of the molecule is O=C(CCCCC(=O)N/N=C/c1ccc(OCc2ccccc2)cc1)N/N=C/c1ccc(OCc2ccccc2)cc1. The van der Waals surface area contributed by atoms with Crippen LogP contribution in [0.1, 0.15) is 47.9 Å². The molecule has 8 heteroatoms. The highest BCUT2D eigenvalue weighted by molar-refractivity contribution is 5.83. The largest absolute Gasteiger partial charge is 0.489 e. The Morgan fingerprint density at radius 1 is 0.548 bits per heavy atom. The summed E-state index contributed by atoms with van der Waals surface area (Å²) in [6.45, 7) is 1.000. The molecule has 0 saturated carbocycles. The molecule has 8 nitrogen and oxygen atoms in total. The van der Waals surface area contributed by atoms with Crippen LogP contribution in [0.25, 0.3) is 0 Å². The molecule has 0 aliphatic heterocycles. The van der Waals surface area contributed by atoms with Crippen molar-refractivity contribution in [2.75, 3.05) is 0 Å². The zero-order chi connectivity index (χ0) is 29.2. The van der Waals surface area contributed by atoms with Gasteiger partial charge in [-0.2, -0.15) is 10.2 Å². The minimum absolute atomic E-state index is 0.205. The molecule has 0 saturated heterocycles. The van der Waals surface area contributed by atoms with Crippen LogP contribution in [0, 0.1) is 0 Å². The van der Waals surface area contributed by atoms with E-state index in [4.69, 9.17) is 9.47 Å². The molecule has 0 bridgehead atoms. The highest BCUT2D eigenvalue weighted by Crippen LogP contribution is 2.14. The standard InChI is InChI=1S/C34H34N4O4/c39-33(37-35-23-27-15-19-31(20-16-27)41-25-29-9-3-1-4-10-29)13-7-8-14-34(40)38-36-24-28-17-21-32(22-18-28)42-26-30-11-5-2-6-12-30/h1-6,9-12,15-24H,7-8,13-14,25-26H2,(H,37,39)(H,38,40)/b35-23+,36-24+. The number of nitrogens with zero attached hydrogens (tertiary/aromatic N) is 2. The van der Waals surface area contributed by atoms with Crippen LogP contribution in [0.3, 0.4) is 0 Å². The Morgan fingerprint density at radius 3 is 1.31 bits per heavy atom. The Bertz CT molecular complexity index is 1330. The van der Waals surface area contributed by atoms with Gasteiger partial charge in [0.25, 0.3) is 0 Å². The van der Waals surface area contributed by atoms with Crippen LogP contribution in [0.4, 0.5) is 0 Å². The molecule has 0 atom stereocenters. The third-order valence-corrected chi connectivity index (χ3v) is 6.12. The summed E-state index contributed by atoms with van der Waals surface area (Å²) in [5.74, 6) is 1.11. The summed E-state index contributed by atoms with van der Waals surface area (Å²) in [6, 6.07) is 34.8. The van der Waals surface area contributed by atoms with Crippen LogP contribution in [0.15, 0.2) is 119 Å². The molecule has 2 N–H and O–H groups in total. The Kier molecular flexibility index (Phi) is 11.9. The molecule has 42 heavy (non-hydrogen) atoms. The van der Waals surface area contributed by atoms with Gasteiger partial charge in [-0.05, 0) is 83.6 Å². The molecule has 4 rings (SSSR count). The first kappa shape index (κ1) is 29.7. The number of carbonyl (C=O) groups excluding carboxylic acids is 2. The van der Waals surface area contributed by atoms with Crippen molar-refractivity contribution < 1.29 is 19.1 Å². The molecule has 214 valence electrons. The fraction of sp³-hybridized carbons (Fsp3) is 0.176. The topological polar surface area (TPSA) is 101 Å². The Morgan fingerprint density at radius 2 is 0.929 bits per heavy atom. The third kappa shape index (κ3) is 11.1. The van der Waals surface area contributed by atoms with E-state index < -0.39 is 0 Å². The van der Waals surface area contributed by atoms with Gasteiger partial charge in [0.2, 0.25) is 11.8 Å². The van der Waals surface area contributed by atoms with E-state index in [1.54, 1.807) is 12.4 Å². The summed E-state index contributed by atoms with van der Waals surface area (Å²) in [7, 11) is 0. The summed E-state index contributed by atoms with van der Waals surface area (Å²) in [5, 5.41) is 8.01. The maximum absolute atomic E-state index is 12.0. The predicted molar refractivity (Wildman–Crippen MR) is 164 cm³/mol. The number of nitrogens with one attached hydrogen (secondary N) is 2. The minimum Gasteiger partial charge on any atom is -0.489 e. The van der Waals surface area contributed by atoms with Gasteiger partial charge >= 0.3 is 0 Å². The number of carbonyl (C=O) groups is 2. The van der Waals surface area contributed by atoms with Crippen LogP contribution in [-0.2, 0) is 22.8 Å². The average Bonchev–Trinajstić information content (AvgIpc) is 3.03. The summed E-state index contributed by atoms with van der Waals surface area (Å²) in [4.78, 5) is 24.1. The van der Waals surface area contributed by atoms with Crippen LogP contribution in [0.5, 0.6) is 11.5 Å². The molecular formula is C34H34N4O4. The molecule has 0 aliphatic carbocycles. The number of amides is 2. The van der Waals surface area contributed by atoms with Crippen molar-refractivity contribution in [3.05, 3.63) is 131 Å². The van der Waals surface area contributed by atoms with Gasteiger partial charge in [-0.3, -0.25) is 9.59 Å². The fourth-order valence-corrected chi connectivity index (χ4v) is 3.82. The highest BCUT2D eigenvalue weighted by Gasteiger charge is 2.03. The van der Waals surface area contributed by atoms with E-state index in [0.29, 0.717) is 26.1 Å². The van der Waals surface area contributed by atoms with Crippen molar-refractivity contribution in [2.45, 2.75) is 38.9 Å². The first-order valence-corrected chi connectivity index (χ1v) is 13.8. The second-order valence-electron chi connectivity index (χ2n) is 9.48. The van der Waals surface area contributed by atoms with Gasteiger partial charge in [-0.15, -0.1) is 0 Å². The van der Waals surface area contributed by atoms with Crippen LogP contribution in [-0.4, -0.2) is 24.2 Å². The second kappa shape index (κ2) is 16.8. The fourth-order valence-electron chi connectivity index (χ4n) is 3.82. The van der Waals surface area contributed by atoms with Gasteiger partial charge in [0.1, 0.15) is 24.7 Å². The van der Waals surface area contributed by atoms with Crippen LogP contribution >= 0.6 is 0 Å². The number of ether oxygens (including phenoxy) is 2. The Labute approximate surface area is 246 Å². The quantitative estimate of drug-likeness (QED) is 0.105. The van der Waals surface area contributed by atoms with Crippen molar-refractivity contribution in [2.24, 2.45) is 10.2 Å². The maximum Gasteiger partial charge on any atom is 0.240 e. The van der Waals surface area contributed by atoms with Crippen molar-refractivity contribution >= 4 is 24.2 Å². The molecule has 4 aromatic rings. The predicted octanol–water partition coefficient (Wildman–Crippen LogP) is 6.01. The van der Waals surface area contributed by atoms with Gasteiger partial charge in [-0.25, -0.2) is 10.9 Å². The smallest absolute Gasteiger partial charge is 0.240 e. The van der Waals surface area contributed by atoms with Crippen molar-refractivity contribution in [3.63, 3.8) is 0 Å². The summed E-state index contributed by atoms with van der Waals surface area (Å²) >= 11 is 0. The molecule has 0 heterocycles. The van der Waals surface area contributed by atoms with Gasteiger partial charge in [-0.1, -0.05) is 60.7 Å². The number of hydrazone groups is 2. The van der Waals surface area contributed by atoms with Crippen molar-refractivity contribution in [1.82, 2.24) is 10.9 Å².